The quantitative estimate of drug-likeness (QED) is 0.508. The monoisotopic (exact) mass is 197 g/mol. The largest absolute Gasteiger partial charge is 0.488 e. The molecule has 1 rings (SSSR count). The molecule has 0 unspecified atom stereocenters. The first-order chi connectivity index (χ1) is 6.54. The maximum absolute atomic E-state index is 10.6. The Labute approximate surface area is 79.9 Å². The van der Waals surface area contributed by atoms with E-state index in [0.29, 0.717) is 0 Å². The lowest BCUT2D eigenvalue weighted by atomic mass is 9.80. The van der Waals surface area contributed by atoms with E-state index in [9.17, 15) is 4.79 Å². The summed E-state index contributed by atoms with van der Waals surface area (Å²) in [6, 6.07) is 2.31. The summed E-state index contributed by atoms with van der Waals surface area (Å²) in [7, 11) is -0.438. The van der Waals surface area contributed by atoms with Crippen molar-refractivity contribution in [1.29, 1.82) is 0 Å². The molecule has 0 atom stereocenters. The third-order valence-electron chi connectivity index (χ3n) is 1.55. The van der Waals surface area contributed by atoms with E-state index in [1.54, 1.807) is 0 Å². The number of aromatic nitrogens is 1. The van der Waals surface area contributed by atoms with Crippen LogP contribution in [0.15, 0.2) is 12.1 Å². The van der Waals surface area contributed by atoms with Crippen molar-refractivity contribution in [2.45, 2.75) is 0 Å². The summed E-state index contributed by atoms with van der Waals surface area (Å²) in [5.74, 6) is -1.24. The SMILES string of the molecule is COc1cc(B(O)O)cc(C(=O)O)n1. The van der Waals surface area contributed by atoms with Crippen LogP contribution < -0.4 is 10.2 Å². The lowest BCUT2D eigenvalue weighted by Gasteiger charge is -2.04. The molecule has 0 aliphatic carbocycles. The first kappa shape index (κ1) is 10.5. The van der Waals surface area contributed by atoms with E-state index < -0.39 is 13.1 Å². The number of methoxy groups -OCH3 is 1. The summed E-state index contributed by atoms with van der Waals surface area (Å²) < 4.78 is 4.70. The van der Waals surface area contributed by atoms with Gasteiger partial charge in [-0.1, -0.05) is 0 Å². The molecule has 0 aliphatic rings. The highest BCUT2D eigenvalue weighted by Gasteiger charge is 2.16. The molecule has 0 saturated heterocycles. The molecule has 7 heteroatoms. The van der Waals surface area contributed by atoms with Crippen LogP contribution in [0.1, 0.15) is 10.5 Å². The number of ether oxygens (including phenoxy) is 1. The Kier molecular flexibility index (Phi) is 3.05. The lowest BCUT2D eigenvalue weighted by molar-refractivity contribution is 0.0689. The molecular weight excluding hydrogens is 189 g/mol. The third kappa shape index (κ3) is 2.21. The lowest BCUT2D eigenvalue weighted by Crippen LogP contribution is -2.31. The standard InChI is InChI=1S/C7H8BNO5/c1-14-6-3-4(8(12)13)2-5(9-6)7(10)11/h2-3,12-13H,1H3,(H,10,11). The van der Waals surface area contributed by atoms with Crippen molar-refractivity contribution < 1.29 is 24.7 Å². The number of aromatic carboxylic acids is 1. The van der Waals surface area contributed by atoms with Crippen LogP contribution in [0.4, 0.5) is 0 Å². The number of carboxylic acid groups (broad SMARTS) is 1. The van der Waals surface area contributed by atoms with Gasteiger partial charge in [0.15, 0.2) is 5.69 Å². The molecule has 6 nitrogen and oxygen atoms in total. The van der Waals surface area contributed by atoms with Crippen molar-refractivity contribution in [2.24, 2.45) is 0 Å². The highest BCUT2D eigenvalue weighted by molar-refractivity contribution is 6.58. The second-order valence-corrected chi connectivity index (χ2v) is 2.51. The molecule has 0 aliphatic heterocycles. The Morgan fingerprint density at radius 3 is 2.57 bits per heavy atom. The number of carboxylic acids is 1. The van der Waals surface area contributed by atoms with Crippen molar-refractivity contribution in [1.82, 2.24) is 4.98 Å². The molecule has 0 amide bonds. The predicted octanol–water partition coefficient (Wildman–Crippen LogP) is -1.53. The first-order valence-electron chi connectivity index (χ1n) is 3.70. The van der Waals surface area contributed by atoms with Crippen LogP contribution in [0, 0.1) is 0 Å². The number of rotatable bonds is 3. The van der Waals surface area contributed by atoms with E-state index in [0.717, 1.165) is 6.07 Å². The molecule has 1 heterocycles. The van der Waals surface area contributed by atoms with Crippen molar-refractivity contribution in [3.63, 3.8) is 0 Å². The Morgan fingerprint density at radius 1 is 1.50 bits per heavy atom. The number of hydrogen-bond donors (Lipinski definition) is 3. The predicted molar refractivity (Wildman–Crippen MR) is 47.6 cm³/mol. The Hall–Kier alpha value is -1.60. The Balaban J connectivity index is 3.20. The number of hydrogen-bond acceptors (Lipinski definition) is 5. The Morgan fingerprint density at radius 2 is 2.14 bits per heavy atom. The van der Waals surface area contributed by atoms with Gasteiger partial charge in [-0.25, -0.2) is 9.78 Å². The van der Waals surface area contributed by atoms with E-state index in [4.69, 9.17) is 19.9 Å². The summed E-state index contributed by atoms with van der Waals surface area (Å²) in [5.41, 5.74) is -0.276. The molecule has 14 heavy (non-hydrogen) atoms. The van der Waals surface area contributed by atoms with Gasteiger partial charge in [-0.3, -0.25) is 0 Å². The van der Waals surface area contributed by atoms with Crippen LogP contribution in [0.2, 0.25) is 0 Å². The number of pyridine rings is 1. The van der Waals surface area contributed by atoms with Gasteiger partial charge in [-0.15, -0.1) is 0 Å². The van der Waals surface area contributed by atoms with Crippen LogP contribution in [-0.2, 0) is 0 Å². The van der Waals surface area contributed by atoms with Gasteiger partial charge in [-0.05, 0) is 11.5 Å². The van der Waals surface area contributed by atoms with E-state index in [-0.39, 0.29) is 17.0 Å². The van der Waals surface area contributed by atoms with Crippen LogP contribution in [-0.4, -0.2) is 40.3 Å². The minimum absolute atomic E-state index is 0.0213. The molecule has 0 radical (unpaired) electrons. The van der Waals surface area contributed by atoms with Gasteiger partial charge < -0.3 is 19.9 Å². The van der Waals surface area contributed by atoms with Crippen LogP contribution >= 0.6 is 0 Å². The number of nitrogens with zero attached hydrogens (tertiary/aromatic N) is 1. The maximum atomic E-state index is 10.6. The fourth-order valence-electron chi connectivity index (χ4n) is 0.889. The minimum atomic E-state index is -1.75. The van der Waals surface area contributed by atoms with Crippen molar-refractivity contribution >= 4 is 18.6 Å². The molecule has 1 aromatic heterocycles. The van der Waals surface area contributed by atoms with Gasteiger partial charge in [0, 0.05) is 6.07 Å². The fraction of sp³-hybridized carbons (Fsp3) is 0.143. The average Bonchev–Trinajstić information content (AvgIpc) is 2.16. The van der Waals surface area contributed by atoms with E-state index in [1.165, 1.54) is 13.2 Å². The molecule has 0 saturated carbocycles. The topological polar surface area (TPSA) is 99.9 Å². The van der Waals surface area contributed by atoms with Gasteiger partial charge in [0.2, 0.25) is 5.88 Å². The van der Waals surface area contributed by atoms with Crippen LogP contribution in [0.3, 0.4) is 0 Å². The normalized spacial score (nSPS) is 9.64. The summed E-state index contributed by atoms with van der Waals surface area (Å²) in [5, 5.41) is 26.3. The van der Waals surface area contributed by atoms with E-state index >= 15 is 0 Å². The second-order valence-electron chi connectivity index (χ2n) is 2.51. The summed E-state index contributed by atoms with van der Waals surface area (Å²) in [6.45, 7) is 0. The van der Waals surface area contributed by atoms with Crippen molar-refractivity contribution in [3.05, 3.63) is 17.8 Å². The van der Waals surface area contributed by atoms with Gasteiger partial charge in [-0.2, -0.15) is 0 Å². The first-order valence-corrected chi connectivity index (χ1v) is 3.70. The maximum Gasteiger partial charge on any atom is 0.488 e. The van der Waals surface area contributed by atoms with Gasteiger partial charge in [0.1, 0.15) is 0 Å². The van der Waals surface area contributed by atoms with Gasteiger partial charge >= 0.3 is 13.1 Å². The van der Waals surface area contributed by atoms with Gasteiger partial charge in [0.25, 0.3) is 0 Å². The highest BCUT2D eigenvalue weighted by Crippen LogP contribution is 2.05. The van der Waals surface area contributed by atoms with E-state index in [2.05, 4.69) is 4.98 Å². The van der Waals surface area contributed by atoms with Crippen LogP contribution in [0.25, 0.3) is 0 Å². The summed E-state index contributed by atoms with van der Waals surface area (Å²) in [4.78, 5) is 14.2. The zero-order valence-electron chi connectivity index (χ0n) is 7.34. The molecule has 1 aromatic rings. The average molecular weight is 197 g/mol. The summed E-state index contributed by atoms with van der Waals surface area (Å²) >= 11 is 0. The molecule has 0 aromatic carbocycles. The molecule has 3 N–H and O–H groups in total. The smallest absolute Gasteiger partial charge is 0.481 e. The second kappa shape index (κ2) is 4.08. The molecule has 0 fully saturated rings. The fourth-order valence-corrected chi connectivity index (χ4v) is 0.889. The molecule has 74 valence electrons. The zero-order chi connectivity index (χ0) is 10.7. The molecule has 0 bridgehead atoms. The molecule has 0 spiro atoms. The van der Waals surface area contributed by atoms with Crippen molar-refractivity contribution in [2.75, 3.05) is 7.11 Å². The van der Waals surface area contributed by atoms with Gasteiger partial charge in [0.05, 0.1) is 7.11 Å². The minimum Gasteiger partial charge on any atom is -0.481 e. The van der Waals surface area contributed by atoms with E-state index in [1.807, 2.05) is 0 Å². The molecular formula is C7H8BNO5. The third-order valence-corrected chi connectivity index (χ3v) is 1.55. The van der Waals surface area contributed by atoms with Crippen LogP contribution in [0.5, 0.6) is 5.88 Å². The highest BCUT2D eigenvalue weighted by atomic mass is 16.5. The summed E-state index contributed by atoms with van der Waals surface area (Å²) in [6.07, 6.45) is 0. The number of carbonyl (C=O) groups is 1. The Bertz CT molecular complexity index is 354. The zero-order valence-corrected chi connectivity index (χ0v) is 7.34. The van der Waals surface area contributed by atoms with Crippen molar-refractivity contribution in [3.8, 4) is 5.88 Å².